The first kappa shape index (κ1) is 10.9. The van der Waals surface area contributed by atoms with E-state index in [4.69, 9.17) is 16.3 Å². The molecule has 0 N–H and O–H groups in total. The number of benzene rings is 1. The zero-order valence-corrected chi connectivity index (χ0v) is 10.5. The van der Waals surface area contributed by atoms with E-state index in [0.717, 1.165) is 10.8 Å². The van der Waals surface area contributed by atoms with E-state index in [9.17, 15) is 0 Å². The normalized spacial score (nSPS) is 34.4. The molecule has 0 fully saturated rings. The van der Waals surface area contributed by atoms with Crippen LogP contribution >= 0.6 is 11.6 Å². The number of ether oxygens (including phenoxy) is 1. The molecule has 88 valence electrons. The molecule has 17 heavy (non-hydrogen) atoms. The van der Waals surface area contributed by atoms with Gasteiger partial charge in [0.1, 0.15) is 11.9 Å². The SMILES string of the molecule is C=C[C@H]1C(Cl)=CC2c3ccccc3O[C@H]2[C@H]1C. The number of halogens is 1. The van der Waals surface area contributed by atoms with Crippen LogP contribution in [0.2, 0.25) is 0 Å². The van der Waals surface area contributed by atoms with Crippen molar-refractivity contribution in [3.05, 3.63) is 53.6 Å². The summed E-state index contributed by atoms with van der Waals surface area (Å²) in [6.07, 6.45) is 4.24. The fraction of sp³-hybridized carbons (Fsp3) is 0.333. The van der Waals surface area contributed by atoms with Gasteiger partial charge in [-0.3, -0.25) is 0 Å². The largest absolute Gasteiger partial charge is 0.489 e. The molecule has 1 aromatic rings. The number of fused-ring (bicyclic) bond motifs is 3. The van der Waals surface area contributed by atoms with Crippen molar-refractivity contribution in [3.8, 4) is 5.75 Å². The molecular weight excluding hydrogens is 232 g/mol. The number of para-hydroxylation sites is 1. The Bertz CT molecular complexity index is 491. The number of hydrogen-bond acceptors (Lipinski definition) is 1. The maximum atomic E-state index is 6.35. The van der Waals surface area contributed by atoms with Gasteiger partial charge in [0.25, 0.3) is 0 Å². The lowest BCUT2D eigenvalue weighted by Gasteiger charge is -2.33. The van der Waals surface area contributed by atoms with Crippen LogP contribution in [0.5, 0.6) is 5.75 Å². The second-order valence-electron chi connectivity index (χ2n) is 4.82. The summed E-state index contributed by atoms with van der Waals surface area (Å²) in [7, 11) is 0. The van der Waals surface area contributed by atoms with Crippen LogP contribution in [0.4, 0.5) is 0 Å². The van der Waals surface area contributed by atoms with E-state index in [1.54, 1.807) is 0 Å². The Labute approximate surface area is 107 Å². The molecule has 1 aromatic carbocycles. The molecule has 0 aromatic heterocycles. The first-order chi connectivity index (χ1) is 8.22. The number of rotatable bonds is 1. The molecule has 2 aliphatic rings. The van der Waals surface area contributed by atoms with Gasteiger partial charge in [0.2, 0.25) is 0 Å². The summed E-state index contributed by atoms with van der Waals surface area (Å²) in [4.78, 5) is 0. The van der Waals surface area contributed by atoms with Gasteiger partial charge in [-0.25, -0.2) is 0 Å². The first-order valence-electron chi connectivity index (χ1n) is 5.97. The van der Waals surface area contributed by atoms with Gasteiger partial charge in [0, 0.05) is 28.3 Å². The molecule has 0 radical (unpaired) electrons. The number of allylic oxidation sites excluding steroid dienone is 2. The average Bonchev–Trinajstić information content (AvgIpc) is 2.69. The monoisotopic (exact) mass is 246 g/mol. The van der Waals surface area contributed by atoms with Crippen LogP contribution in [0, 0.1) is 11.8 Å². The maximum absolute atomic E-state index is 6.35. The summed E-state index contributed by atoms with van der Waals surface area (Å²) in [5, 5.41) is 0.897. The van der Waals surface area contributed by atoms with Crippen LogP contribution in [0.15, 0.2) is 48.0 Å². The van der Waals surface area contributed by atoms with Gasteiger partial charge >= 0.3 is 0 Å². The Hall–Kier alpha value is -1.21. The zero-order valence-electron chi connectivity index (χ0n) is 9.77. The van der Waals surface area contributed by atoms with E-state index in [1.165, 1.54) is 5.56 Å². The van der Waals surface area contributed by atoms with E-state index in [-0.39, 0.29) is 12.0 Å². The highest BCUT2D eigenvalue weighted by Crippen LogP contribution is 2.49. The van der Waals surface area contributed by atoms with Crippen molar-refractivity contribution in [2.45, 2.75) is 18.9 Å². The van der Waals surface area contributed by atoms with Crippen molar-refractivity contribution >= 4 is 11.6 Å². The summed E-state index contributed by atoms with van der Waals surface area (Å²) in [5.41, 5.74) is 1.25. The lowest BCUT2D eigenvalue weighted by molar-refractivity contribution is 0.132. The second kappa shape index (κ2) is 3.92. The molecule has 0 amide bonds. The molecule has 0 bridgehead atoms. The smallest absolute Gasteiger partial charge is 0.123 e. The molecule has 1 nitrogen and oxygen atoms in total. The average molecular weight is 247 g/mol. The molecule has 0 saturated carbocycles. The fourth-order valence-electron chi connectivity index (χ4n) is 2.94. The van der Waals surface area contributed by atoms with Crippen LogP contribution < -0.4 is 4.74 Å². The third-order valence-electron chi connectivity index (χ3n) is 3.89. The van der Waals surface area contributed by atoms with Gasteiger partial charge in [-0.1, -0.05) is 48.9 Å². The Balaban J connectivity index is 2.06. The lowest BCUT2D eigenvalue weighted by atomic mass is 9.76. The third kappa shape index (κ3) is 1.53. The molecule has 3 rings (SSSR count). The summed E-state index contributed by atoms with van der Waals surface area (Å²) in [6, 6.07) is 8.22. The standard InChI is InChI=1S/C15H15ClO/c1-3-10-9(2)15-12(8-13(10)16)11-6-4-5-7-14(11)17-15/h3-10,12,15H,1H2,2H3/t9-,10+,12?,15-/m0/s1. The molecular formula is C15H15ClO. The van der Waals surface area contributed by atoms with E-state index in [2.05, 4.69) is 31.7 Å². The molecule has 0 spiro atoms. The molecule has 1 aliphatic heterocycles. The lowest BCUT2D eigenvalue weighted by Crippen LogP contribution is -2.34. The van der Waals surface area contributed by atoms with Crippen molar-refractivity contribution < 1.29 is 4.74 Å². The Morgan fingerprint density at radius 1 is 1.35 bits per heavy atom. The van der Waals surface area contributed by atoms with Gasteiger partial charge in [0.15, 0.2) is 0 Å². The van der Waals surface area contributed by atoms with Gasteiger partial charge in [-0.2, -0.15) is 0 Å². The first-order valence-corrected chi connectivity index (χ1v) is 6.35. The van der Waals surface area contributed by atoms with Crippen LogP contribution in [0.1, 0.15) is 18.4 Å². The van der Waals surface area contributed by atoms with Crippen molar-refractivity contribution in [3.63, 3.8) is 0 Å². The summed E-state index contributed by atoms with van der Waals surface area (Å²) >= 11 is 6.35. The fourth-order valence-corrected chi connectivity index (χ4v) is 3.37. The van der Waals surface area contributed by atoms with Crippen LogP contribution in [-0.2, 0) is 0 Å². The summed E-state index contributed by atoms with van der Waals surface area (Å²) in [5.74, 6) is 1.87. The Kier molecular flexibility index (Phi) is 2.52. The molecule has 4 atom stereocenters. The van der Waals surface area contributed by atoms with Crippen LogP contribution in [0.3, 0.4) is 0 Å². The van der Waals surface area contributed by atoms with Crippen molar-refractivity contribution in [1.82, 2.24) is 0 Å². The minimum Gasteiger partial charge on any atom is -0.489 e. The van der Waals surface area contributed by atoms with Crippen molar-refractivity contribution in [2.75, 3.05) is 0 Å². The predicted molar refractivity (Wildman–Crippen MR) is 70.4 cm³/mol. The van der Waals surface area contributed by atoms with E-state index < -0.39 is 0 Å². The quantitative estimate of drug-likeness (QED) is 0.678. The van der Waals surface area contributed by atoms with Crippen molar-refractivity contribution in [1.29, 1.82) is 0 Å². The maximum Gasteiger partial charge on any atom is 0.123 e. The van der Waals surface area contributed by atoms with Crippen LogP contribution in [-0.4, -0.2) is 6.10 Å². The van der Waals surface area contributed by atoms with E-state index >= 15 is 0 Å². The predicted octanol–water partition coefficient (Wildman–Crippen LogP) is 4.11. The number of hydrogen-bond donors (Lipinski definition) is 0. The minimum atomic E-state index is 0.192. The van der Waals surface area contributed by atoms with Crippen LogP contribution in [0.25, 0.3) is 0 Å². The summed E-state index contributed by atoms with van der Waals surface area (Å²) in [6.45, 7) is 6.05. The highest BCUT2D eigenvalue weighted by molar-refractivity contribution is 6.30. The van der Waals surface area contributed by atoms with Gasteiger partial charge in [-0.15, -0.1) is 6.58 Å². The van der Waals surface area contributed by atoms with E-state index in [0.29, 0.717) is 11.8 Å². The van der Waals surface area contributed by atoms with Gasteiger partial charge < -0.3 is 4.74 Å². The second-order valence-corrected chi connectivity index (χ2v) is 5.25. The zero-order chi connectivity index (χ0) is 12.0. The van der Waals surface area contributed by atoms with E-state index in [1.807, 2.05) is 18.2 Å². The molecule has 2 heteroatoms. The Morgan fingerprint density at radius 2 is 2.12 bits per heavy atom. The molecule has 1 aliphatic carbocycles. The van der Waals surface area contributed by atoms with Gasteiger partial charge in [0.05, 0.1) is 0 Å². The minimum absolute atomic E-state index is 0.192. The topological polar surface area (TPSA) is 9.23 Å². The van der Waals surface area contributed by atoms with Crippen molar-refractivity contribution in [2.24, 2.45) is 11.8 Å². The Morgan fingerprint density at radius 3 is 2.88 bits per heavy atom. The molecule has 1 heterocycles. The molecule has 0 saturated heterocycles. The van der Waals surface area contributed by atoms with Gasteiger partial charge in [-0.05, 0) is 6.07 Å². The highest BCUT2D eigenvalue weighted by Gasteiger charge is 2.42. The molecule has 1 unspecified atom stereocenters. The third-order valence-corrected chi connectivity index (χ3v) is 4.27. The highest BCUT2D eigenvalue weighted by atomic mass is 35.5. The summed E-state index contributed by atoms with van der Waals surface area (Å²) < 4.78 is 6.05.